The molecule has 0 aliphatic rings. The van der Waals surface area contributed by atoms with E-state index in [1.807, 2.05) is 54.6 Å². The second-order valence-electron chi connectivity index (χ2n) is 5.65. The Bertz CT molecular complexity index is 1010. The minimum absolute atomic E-state index is 0.240. The van der Waals surface area contributed by atoms with Crippen molar-refractivity contribution in [2.45, 2.75) is 6.54 Å². The number of halogens is 2. The fraction of sp³-hybridized carbons (Fsp3) is 0.0500. The van der Waals surface area contributed by atoms with Crippen LogP contribution in [-0.4, -0.2) is 9.55 Å². The first-order valence-electron chi connectivity index (χ1n) is 7.66. The molecule has 0 spiro atoms. The van der Waals surface area contributed by atoms with Crippen molar-refractivity contribution in [3.63, 3.8) is 0 Å². The van der Waals surface area contributed by atoms with Gasteiger partial charge >= 0.3 is 0 Å². The molecule has 0 radical (unpaired) electrons. The standard InChI is InChI=1S/C20H14ClFN2/c21-16-9-10-18-19(12-16)24(13-14-5-4-8-17(22)11-14)20(23-18)15-6-2-1-3-7-15/h1-12H,13H2. The summed E-state index contributed by atoms with van der Waals surface area (Å²) in [4.78, 5) is 4.75. The summed E-state index contributed by atoms with van der Waals surface area (Å²) in [5, 5.41) is 0.655. The van der Waals surface area contributed by atoms with Crippen molar-refractivity contribution in [1.82, 2.24) is 9.55 Å². The van der Waals surface area contributed by atoms with Crippen LogP contribution in [0.3, 0.4) is 0 Å². The maximum atomic E-state index is 13.6. The molecule has 1 heterocycles. The Labute approximate surface area is 144 Å². The van der Waals surface area contributed by atoms with Gasteiger partial charge in [-0.3, -0.25) is 0 Å². The molecule has 3 aromatic carbocycles. The van der Waals surface area contributed by atoms with E-state index >= 15 is 0 Å². The molecule has 4 aromatic rings. The van der Waals surface area contributed by atoms with Crippen molar-refractivity contribution in [1.29, 1.82) is 0 Å². The van der Waals surface area contributed by atoms with Crippen LogP contribution in [0.25, 0.3) is 22.4 Å². The van der Waals surface area contributed by atoms with E-state index in [4.69, 9.17) is 16.6 Å². The predicted molar refractivity (Wildman–Crippen MR) is 95.7 cm³/mol. The van der Waals surface area contributed by atoms with E-state index in [1.165, 1.54) is 6.07 Å². The largest absolute Gasteiger partial charge is 0.319 e. The molecule has 1 aromatic heterocycles. The van der Waals surface area contributed by atoms with E-state index in [-0.39, 0.29) is 5.82 Å². The maximum Gasteiger partial charge on any atom is 0.141 e. The SMILES string of the molecule is Fc1cccc(Cn2c(-c3ccccc3)nc3ccc(Cl)cc32)c1. The molecule has 4 rings (SSSR count). The first-order chi connectivity index (χ1) is 11.7. The van der Waals surface area contributed by atoms with Gasteiger partial charge in [-0.1, -0.05) is 54.1 Å². The van der Waals surface area contributed by atoms with Crippen LogP contribution in [0.1, 0.15) is 5.56 Å². The van der Waals surface area contributed by atoms with Gasteiger partial charge in [-0.05, 0) is 35.9 Å². The molecule has 4 heteroatoms. The number of aromatic nitrogens is 2. The van der Waals surface area contributed by atoms with E-state index in [9.17, 15) is 4.39 Å². The van der Waals surface area contributed by atoms with Crippen LogP contribution < -0.4 is 0 Å². The van der Waals surface area contributed by atoms with Crippen LogP contribution in [0.15, 0.2) is 72.8 Å². The summed E-state index contributed by atoms with van der Waals surface area (Å²) in [5.74, 6) is 0.605. The fourth-order valence-electron chi connectivity index (χ4n) is 2.88. The molecule has 118 valence electrons. The highest BCUT2D eigenvalue weighted by atomic mass is 35.5. The van der Waals surface area contributed by atoms with Gasteiger partial charge in [0.05, 0.1) is 11.0 Å². The highest BCUT2D eigenvalue weighted by Crippen LogP contribution is 2.27. The quantitative estimate of drug-likeness (QED) is 0.480. The van der Waals surface area contributed by atoms with Crippen LogP contribution in [0.5, 0.6) is 0 Å². The van der Waals surface area contributed by atoms with Gasteiger partial charge in [0, 0.05) is 17.1 Å². The smallest absolute Gasteiger partial charge is 0.141 e. The van der Waals surface area contributed by atoms with Gasteiger partial charge in [0.15, 0.2) is 0 Å². The Morgan fingerprint density at radius 1 is 0.917 bits per heavy atom. The molecule has 0 fully saturated rings. The number of fused-ring (bicyclic) bond motifs is 1. The average Bonchev–Trinajstić information content (AvgIpc) is 2.94. The molecular formula is C20H14ClFN2. The summed E-state index contributed by atoms with van der Waals surface area (Å²) in [6.45, 7) is 0.527. The van der Waals surface area contributed by atoms with Gasteiger partial charge < -0.3 is 4.57 Å². The topological polar surface area (TPSA) is 17.8 Å². The first-order valence-corrected chi connectivity index (χ1v) is 8.04. The molecule has 2 nitrogen and oxygen atoms in total. The second-order valence-corrected chi connectivity index (χ2v) is 6.09. The Morgan fingerprint density at radius 3 is 2.54 bits per heavy atom. The summed E-state index contributed by atoms with van der Waals surface area (Å²) in [5.41, 5.74) is 3.70. The fourth-order valence-corrected chi connectivity index (χ4v) is 3.05. The normalized spacial score (nSPS) is 11.1. The Hall–Kier alpha value is -2.65. The summed E-state index contributed by atoms with van der Waals surface area (Å²) in [7, 11) is 0. The summed E-state index contributed by atoms with van der Waals surface area (Å²) in [6.07, 6.45) is 0. The Morgan fingerprint density at radius 2 is 1.75 bits per heavy atom. The lowest BCUT2D eigenvalue weighted by atomic mass is 10.2. The minimum Gasteiger partial charge on any atom is -0.319 e. The zero-order valence-corrected chi connectivity index (χ0v) is 13.5. The van der Waals surface area contributed by atoms with Crippen LogP contribution in [0.4, 0.5) is 4.39 Å². The number of imidazole rings is 1. The van der Waals surface area contributed by atoms with Crippen molar-refractivity contribution in [2.24, 2.45) is 0 Å². The summed E-state index contributed by atoms with van der Waals surface area (Å²) >= 11 is 6.17. The van der Waals surface area contributed by atoms with Gasteiger partial charge in [-0.2, -0.15) is 0 Å². The predicted octanol–water partition coefficient (Wildman–Crippen LogP) is 5.54. The Kier molecular flexibility index (Phi) is 3.79. The highest BCUT2D eigenvalue weighted by Gasteiger charge is 2.13. The molecule has 0 N–H and O–H groups in total. The van der Waals surface area contributed by atoms with Crippen molar-refractivity contribution in [2.75, 3.05) is 0 Å². The van der Waals surface area contributed by atoms with Gasteiger partial charge in [0.1, 0.15) is 11.6 Å². The lowest BCUT2D eigenvalue weighted by molar-refractivity contribution is 0.624. The number of hydrogen-bond acceptors (Lipinski definition) is 1. The van der Waals surface area contributed by atoms with Crippen molar-refractivity contribution < 1.29 is 4.39 Å². The highest BCUT2D eigenvalue weighted by molar-refractivity contribution is 6.31. The second kappa shape index (κ2) is 6.10. The van der Waals surface area contributed by atoms with E-state index in [2.05, 4.69) is 4.57 Å². The van der Waals surface area contributed by atoms with Crippen LogP contribution in [0.2, 0.25) is 5.02 Å². The number of hydrogen-bond donors (Lipinski definition) is 0. The molecular weight excluding hydrogens is 323 g/mol. The number of benzene rings is 3. The van der Waals surface area contributed by atoms with Crippen LogP contribution in [-0.2, 0) is 6.54 Å². The third-order valence-electron chi connectivity index (χ3n) is 3.97. The van der Waals surface area contributed by atoms with Crippen molar-refractivity contribution in [3.8, 4) is 11.4 Å². The lowest BCUT2D eigenvalue weighted by Gasteiger charge is -2.10. The summed E-state index contributed by atoms with van der Waals surface area (Å²) < 4.78 is 15.6. The van der Waals surface area contributed by atoms with Gasteiger partial charge in [0.25, 0.3) is 0 Å². The molecule has 24 heavy (non-hydrogen) atoms. The maximum absolute atomic E-state index is 13.6. The first kappa shape index (κ1) is 14.9. The minimum atomic E-state index is -0.240. The third-order valence-corrected chi connectivity index (χ3v) is 4.21. The van der Waals surface area contributed by atoms with Gasteiger partial charge in [0.2, 0.25) is 0 Å². The molecule has 0 amide bonds. The van der Waals surface area contributed by atoms with Crippen molar-refractivity contribution in [3.05, 3.63) is 89.2 Å². The van der Waals surface area contributed by atoms with E-state index in [0.29, 0.717) is 11.6 Å². The zero-order valence-electron chi connectivity index (χ0n) is 12.8. The zero-order chi connectivity index (χ0) is 16.5. The van der Waals surface area contributed by atoms with Gasteiger partial charge in [-0.25, -0.2) is 9.37 Å². The monoisotopic (exact) mass is 336 g/mol. The Balaban J connectivity index is 1.92. The van der Waals surface area contributed by atoms with E-state index < -0.39 is 0 Å². The molecule has 0 atom stereocenters. The third kappa shape index (κ3) is 2.79. The van der Waals surface area contributed by atoms with Crippen LogP contribution >= 0.6 is 11.6 Å². The van der Waals surface area contributed by atoms with Gasteiger partial charge in [-0.15, -0.1) is 0 Å². The molecule has 0 bridgehead atoms. The molecule has 0 aliphatic heterocycles. The number of rotatable bonds is 3. The average molecular weight is 337 g/mol. The summed E-state index contributed by atoms with van der Waals surface area (Å²) in [6, 6.07) is 22.2. The molecule has 0 saturated carbocycles. The molecule has 0 aliphatic carbocycles. The lowest BCUT2D eigenvalue weighted by Crippen LogP contribution is -2.02. The van der Waals surface area contributed by atoms with Crippen molar-refractivity contribution >= 4 is 22.6 Å². The number of nitrogens with zero attached hydrogens (tertiary/aromatic N) is 2. The molecule has 0 unspecified atom stereocenters. The van der Waals surface area contributed by atoms with Crippen LogP contribution in [0, 0.1) is 5.82 Å². The van der Waals surface area contributed by atoms with E-state index in [1.54, 1.807) is 12.1 Å². The molecule has 0 saturated heterocycles. The van der Waals surface area contributed by atoms with E-state index in [0.717, 1.165) is 28.0 Å².